The van der Waals surface area contributed by atoms with E-state index in [0.29, 0.717) is 31.5 Å². The van der Waals surface area contributed by atoms with Crippen molar-refractivity contribution in [1.82, 2.24) is 25.4 Å². The Morgan fingerprint density at radius 1 is 1.35 bits per heavy atom. The number of alkyl halides is 3. The van der Waals surface area contributed by atoms with Gasteiger partial charge < -0.3 is 20.1 Å². The highest BCUT2D eigenvalue weighted by Gasteiger charge is 2.28. The van der Waals surface area contributed by atoms with E-state index < -0.39 is 12.8 Å². The summed E-state index contributed by atoms with van der Waals surface area (Å²) in [5.41, 5.74) is 0.782. The summed E-state index contributed by atoms with van der Waals surface area (Å²) in [6, 6.07) is 6.66. The van der Waals surface area contributed by atoms with Crippen molar-refractivity contribution in [3.63, 3.8) is 0 Å². The van der Waals surface area contributed by atoms with Crippen molar-refractivity contribution in [1.29, 1.82) is 0 Å². The number of halogens is 4. The Morgan fingerprint density at radius 3 is 2.87 bits per heavy atom. The van der Waals surface area contributed by atoms with Gasteiger partial charge in [0, 0.05) is 33.2 Å². The van der Waals surface area contributed by atoms with Gasteiger partial charge in [0.1, 0.15) is 18.2 Å². The molecule has 1 aliphatic heterocycles. The third kappa shape index (κ3) is 7.83. The van der Waals surface area contributed by atoms with Gasteiger partial charge >= 0.3 is 6.18 Å². The fourth-order valence-electron chi connectivity index (χ4n) is 3.15. The molecule has 0 radical (unpaired) electrons. The molecule has 1 atom stereocenters. The van der Waals surface area contributed by atoms with Gasteiger partial charge in [-0.2, -0.15) is 18.3 Å². The number of aromatic nitrogens is 3. The number of hydrogen-bond donors (Lipinski definition) is 2. The Balaban J connectivity index is 0.00000341. The van der Waals surface area contributed by atoms with Crippen LogP contribution in [0.1, 0.15) is 23.6 Å². The molecule has 0 saturated heterocycles. The number of fused-ring (bicyclic) bond motifs is 1. The Bertz CT molecular complexity index is 875. The molecule has 1 aromatic heterocycles. The second-order valence-corrected chi connectivity index (χ2v) is 6.92. The Kier molecular flexibility index (Phi) is 9.34. The van der Waals surface area contributed by atoms with Crippen molar-refractivity contribution < 1.29 is 22.6 Å². The number of aryl methyl sites for hydroxylation is 1. The number of hydrogen-bond acceptors (Lipinski definition) is 5. The molecule has 172 valence electrons. The standard InChI is InChI=1S/C19H25F3N6O2.HI/c1-23-18(24-9-13-4-3-5-15(8-13)30-12-19(20,21)22)25-14-6-7-17-26-16(11-29-2)27-28(17)10-14;/h3-5,8,14H,6-7,9-12H2,1-2H3,(H2,23,24,25);1H. The first-order valence-corrected chi connectivity index (χ1v) is 9.53. The molecule has 0 amide bonds. The molecule has 1 aliphatic rings. The predicted octanol–water partition coefficient (Wildman–Crippen LogP) is 2.66. The van der Waals surface area contributed by atoms with Gasteiger partial charge in [-0.25, -0.2) is 9.67 Å². The van der Waals surface area contributed by atoms with Crippen LogP contribution in [-0.4, -0.2) is 53.7 Å². The van der Waals surface area contributed by atoms with Crippen LogP contribution in [0, 0.1) is 0 Å². The van der Waals surface area contributed by atoms with Crippen molar-refractivity contribution in [3.8, 4) is 5.75 Å². The summed E-state index contributed by atoms with van der Waals surface area (Å²) in [4.78, 5) is 8.69. The minimum Gasteiger partial charge on any atom is -0.484 e. The maximum atomic E-state index is 12.3. The lowest BCUT2D eigenvalue weighted by molar-refractivity contribution is -0.153. The van der Waals surface area contributed by atoms with Gasteiger partial charge in [0.15, 0.2) is 18.4 Å². The van der Waals surface area contributed by atoms with Crippen LogP contribution in [-0.2, 0) is 30.9 Å². The molecule has 0 bridgehead atoms. The van der Waals surface area contributed by atoms with E-state index in [1.807, 2.05) is 4.68 Å². The van der Waals surface area contributed by atoms with Crippen molar-refractivity contribution in [2.24, 2.45) is 4.99 Å². The van der Waals surface area contributed by atoms with E-state index in [4.69, 9.17) is 9.47 Å². The summed E-state index contributed by atoms with van der Waals surface area (Å²) in [6.45, 7) is 0.119. The zero-order chi connectivity index (χ0) is 21.6. The highest BCUT2D eigenvalue weighted by molar-refractivity contribution is 14.0. The number of guanidine groups is 1. The van der Waals surface area contributed by atoms with Crippen molar-refractivity contribution in [2.45, 2.75) is 44.8 Å². The molecule has 1 aromatic carbocycles. The average molecular weight is 554 g/mol. The molecule has 3 rings (SSSR count). The lowest BCUT2D eigenvalue weighted by atomic mass is 10.1. The lowest BCUT2D eigenvalue weighted by Crippen LogP contribution is -2.46. The minimum atomic E-state index is -4.37. The third-order valence-corrected chi connectivity index (χ3v) is 4.50. The Hall–Kier alpha value is -2.09. The Labute approximate surface area is 195 Å². The molecular weight excluding hydrogens is 528 g/mol. The number of nitrogens with one attached hydrogen (secondary N) is 2. The zero-order valence-corrected chi connectivity index (χ0v) is 19.6. The van der Waals surface area contributed by atoms with Crippen LogP contribution >= 0.6 is 24.0 Å². The topological polar surface area (TPSA) is 85.6 Å². The molecule has 8 nitrogen and oxygen atoms in total. The van der Waals surface area contributed by atoms with Crippen molar-refractivity contribution >= 4 is 29.9 Å². The maximum absolute atomic E-state index is 12.3. The summed E-state index contributed by atoms with van der Waals surface area (Å²) in [5, 5.41) is 11.0. The van der Waals surface area contributed by atoms with Gasteiger partial charge in [-0.15, -0.1) is 24.0 Å². The number of ether oxygens (including phenoxy) is 2. The molecule has 2 N–H and O–H groups in total. The van der Waals surface area contributed by atoms with Crippen molar-refractivity contribution in [2.75, 3.05) is 20.8 Å². The predicted molar refractivity (Wildman–Crippen MR) is 120 cm³/mol. The van der Waals surface area contributed by atoms with Crippen LogP contribution in [0.15, 0.2) is 29.3 Å². The van der Waals surface area contributed by atoms with Crippen LogP contribution in [0.3, 0.4) is 0 Å². The molecule has 0 fully saturated rings. The second-order valence-electron chi connectivity index (χ2n) is 6.92. The number of benzene rings is 1. The van der Waals surface area contributed by atoms with E-state index in [-0.39, 0.29) is 35.8 Å². The first kappa shape index (κ1) is 25.2. The van der Waals surface area contributed by atoms with E-state index in [0.717, 1.165) is 24.2 Å². The summed E-state index contributed by atoms with van der Waals surface area (Å²) in [6.07, 6.45) is -2.69. The SMILES string of the molecule is CN=C(NCc1cccc(OCC(F)(F)F)c1)NC1CCc2nc(COC)nn2C1.I. The quantitative estimate of drug-likeness (QED) is 0.311. The van der Waals surface area contributed by atoms with Gasteiger partial charge in [0.2, 0.25) is 0 Å². The Morgan fingerprint density at radius 2 is 2.16 bits per heavy atom. The fraction of sp³-hybridized carbons (Fsp3) is 0.526. The fourth-order valence-corrected chi connectivity index (χ4v) is 3.15. The molecular formula is C19H26F3IN6O2. The normalized spacial score (nSPS) is 16.3. The van der Waals surface area contributed by atoms with Gasteiger partial charge in [0.05, 0.1) is 6.54 Å². The van der Waals surface area contributed by atoms with Gasteiger partial charge in [0.25, 0.3) is 0 Å². The van der Waals surface area contributed by atoms with Crippen LogP contribution in [0.2, 0.25) is 0 Å². The molecule has 31 heavy (non-hydrogen) atoms. The van der Waals surface area contributed by atoms with Gasteiger partial charge in [-0.1, -0.05) is 12.1 Å². The first-order valence-electron chi connectivity index (χ1n) is 9.53. The van der Waals surface area contributed by atoms with E-state index >= 15 is 0 Å². The summed E-state index contributed by atoms with van der Waals surface area (Å²) >= 11 is 0. The molecule has 2 aromatic rings. The monoisotopic (exact) mass is 554 g/mol. The van der Waals surface area contributed by atoms with Crippen LogP contribution in [0.25, 0.3) is 0 Å². The van der Waals surface area contributed by atoms with E-state index in [9.17, 15) is 13.2 Å². The highest BCUT2D eigenvalue weighted by Crippen LogP contribution is 2.19. The average Bonchev–Trinajstić information content (AvgIpc) is 3.11. The summed E-state index contributed by atoms with van der Waals surface area (Å²) in [5.74, 6) is 2.39. The van der Waals surface area contributed by atoms with E-state index in [2.05, 4.69) is 25.7 Å². The van der Waals surface area contributed by atoms with Crippen LogP contribution in [0.5, 0.6) is 5.75 Å². The molecule has 1 unspecified atom stereocenters. The second kappa shape index (κ2) is 11.5. The number of rotatable bonds is 7. The number of methoxy groups -OCH3 is 1. The lowest BCUT2D eigenvalue weighted by Gasteiger charge is -2.25. The van der Waals surface area contributed by atoms with Gasteiger partial charge in [-0.3, -0.25) is 4.99 Å². The van der Waals surface area contributed by atoms with Crippen LogP contribution < -0.4 is 15.4 Å². The zero-order valence-electron chi connectivity index (χ0n) is 17.3. The van der Waals surface area contributed by atoms with Gasteiger partial charge in [-0.05, 0) is 24.1 Å². The van der Waals surface area contributed by atoms with Crippen molar-refractivity contribution in [3.05, 3.63) is 41.5 Å². The summed E-state index contributed by atoms with van der Waals surface area (Å²) < 4.78 is 48.7. The molecule has 0 spiro atoms. The largest absolute Gasteiger partial charge is 0.484 e. The first-order chi connectivity index (χ1) is 14.4. The van der Waals surface area contributed by atoms with E-state index in [1.54, 1.807) is 32.4 Å². The number of aliphatic imine (C=N–C) groups is 1. The smallest absolute Gasteiger partial charge is 0.422 e. The number of nitrogens with zero attached hydrogens (tertiary/aromatic N) is 4. The van der Waals surface area contributed by atoms with Crippen LogP contribution in [0.4, 0.5) is 13.2 Å². The minimum absolute atomic E-state index is 0. The molecule has 12 heteroatoms. The molecule has 0 saturated carbocycles. The molecule has 2 heterocycles. The molecule has 0 aliphatic carbocycles. The maximum Gasteiger partial charge on any atom is 0.422 e. The third-order valence-electron chi connectivity index (χ3n) is 4.50. The summed E-state index contributed by atoms with van der Waals surface area (Å²) in [7, 11) is 3.27. The van der Waals surface area contributed by atoms with E-state index in [1.165, 1.54) is 6.07 Å². The highest BCUT2D eigenvalue weighted by atomic mass is 127.